The van der Waals surface area contributed by atoms with Gasteiger partial charge in [0.2, 0.25) is 5.78 Å². The fourth-order valence-electron chi connectivity index (χ4n) is 3.78. The smallest absolute Gasteiger partial charge is 0.299 e. The number of H-pyrrole nitrogens is 1. The molecule has 0 spiro atoms. The van der Waals surface area contributed by atoms with E-state index in [4.69, 9.17) is 11.6 Å². The summed E-state index contributed by atoms with van der Waals surface area (Å²) in [6.45, 7) is 3.25. The number of ketones is 1. The van der Waals surface area contributed by atoms with Crippen LogP contribution in [0.2, 0.25) is 5.02 Å². The van der Waals surface area contributed by atoms with Crippen LogP contribution in [0.3, 0.4) is 0 Å². The first kappa shape index (κ1) is 20.5. The highest BCUT2D eigenvalue weighted by Gasteiger charge is 2.24. The Morgan fingerprint density at radius 1 is 1.06 bits per heavy atom. The predicted molar refractivity (Wildman–Crippen MR) is 117 cm³/mol. The highest BCUT2D eigenvalue weighted by molar-refractivity contribution is 6.30. The first-order valence-corrected chi connectivity index (χ1v) is 9.67. The van der Waals surface area contributed by atoms with Crippen LogP contribution in [0.4, 0.5) is 0 Å². The number of carbonyl (C=O) groups is 1. The van der Waals surface area contributed by atoms with Crippen molar-refractivity contribution < 1.29 is 4.79 Å². The largest absolute Gasteiger partial charge is 0.335 e. The molecule has 0 fully saturated rings. The summed E-state index contributed by atoms with van der Waals surface area (Å²) in [7, 11) is 3.05. The van der Waals surface area contributed by atoms with Gasteiger partial charge in [-0.05, 0) is 37.6 Å². The van der Waals surface area contributed by atoms with Crippen LogP contribution in [0, 0.1) is 13.8 Å². The van der Waals surface area contributed by atoms with Crippen LogP contribution in [0.1, 0.15) is 27.2 Å². The topological polar surface area (TPSA) is 112 Å². The highest BCUT2D eigenvalue weighted by Crippen LogP contribution is 2.21. The maximum atomic E-state index is 13.4. The second kappa shape index (κ2) is 7.21. The number of pyridine rings is 1. The van der Waals surface area contributed by atoms with Crippen molar-refractivity contribution in [2.24, 2.45) is 14.1 Å². The van der Waals surface area contributed by atoms with E-state index in [0.29, 0.717) is 16.8 Å². The molecule has 1 N–H and O–H groups in total. The zero-order valence-electron chi connectivity index (χ0n) is 17.2. The van der Waals surface area contributed by atoms with Crippen molar-refractivity contribution in [2.75, 3.05) is 0 Å². The third-order valence-electron chi connectivity index (χ3n) is 5.35. The number of aromatic nitrogens is 5. The Morgan fingerprint density at radius 2 is 1.77 bits per heavy atom. The number of aryl methyl sites for hydroxylation is 4. The second-order valence-electron chi connectivity index (χ2n) is 7.28. The third kappa shape index (κ3) is 3.05. The van der Waals surface area contributed by atoms with E-state index in [0.717, 1.165) is 4.57 Å². The van der Waals surface area contributed by atoms with Gasteiger partial charge in [0, 0.05) is 31.5 Å². The van der Waals surface area contributed by atoms with E-state index in [1.807, 2.05) is 0 Å². The van der Waals surface area contributed by atoms with E-state index in [2.05, 4.69) is 10.1 Å². The van der Waals surface area contributed by atoms with Crippen molar-refractivity contribution in [1.29, 1.82) is 0 Å². The van der Waals surface area contributed by atoms with Crippen LogP contribution in [-0.4, -0.2) is 29.7 Å². The number of carbonyl (C=O) groups excluding carboxylic acids is 1. The lowest BCUT2D eigenvalue weighted by Gasteiger charge is -2.14. The van der Waals surface area contributed by atoms with Gasteiger partial charge in [0.1, 0.15) is 5.56 Å². The molecule has 0 atom stereocenters. The molecule has 0 amide bonds. The van der Waals surface area contributed by atoms with E-state index >= 15 is 0 Å². The lowest BCUT2D eigenvalue weighted by Crippen LogP contribution is -2.38. The molecule has 3 heterocycles. The van der Waals surface area contributed by atoms with Gasteiger partial charge in [0.15, 0.2) is 0 Å². The molecule has 0 saturated heterocycles. The van der Waals surface area contributed by atoms with Gasteiger partial charge in [0.25, 0.3) is 11.1 Å². The fraction of sp³-hybridized carbons (Fsp3) is 0.190. The molecule has 4 aromatic rings. The average molecular weight is 440 g/mol. The van der Waals surface area contributed by atoms with Crippen LogP contribution in [-0.2, 0) is 14.1 Å². The van der Waals surface area contributed by atoms with Crippen molar-refractivity contribution in [3.05, 3.63) is 89.2 Å². The minimum atomic E-state index is -0.604. The van der Waals surface area contributed by atoms with Gasteiger partial charge < -0.3 is 0 Å². The molecule has 0 unspecified atom stereocenters. The molecule has 0 bridgehead atoms. The minimum Gasteiger partial charge on any atom is -0.299 e. The highest BCUT2D eigenvalue weighted by atomic mass is 35.5. The molecule has 0 aliphatic heterocycles. The minimum absolute atomic E-state index is 0.00846. The van der Waals surface area contributed by atoms with Gasteiger partial charge in [-0.1, -0.05) is 11.6 Å². The molecular weight excluding hydrogens is 422 g/mol. The van der Waals surface area contributed by atoms with Gasteiger partial charge in [-0.2, -0.15) is 0 Å². The Labute approximate surface area is 180 Å². The molecule has 10 heteroatoms. The number of rotatable bonds is 3. The number of benzene rings is 1. The van der Waals surface area contributed by atoms with E-state index < -0.39 is 22.6 Å². The van der Waals surface area contributed by atoms with Crippen molar-refractivity contribution in [3.63, 3.8) is 0 Å². The Hall–Kier alpha value is -3.72. The first-order valence-electron chi connectivity index (χ1n) is 9.30. The molecule has 31 heavy (non-hydrogen) atoms. The van der Waals surface area contributed by atoms with Crippen molar-refractivity contribution in [3.8, 4) is 5.69 Å². The van der Waals surface area contributed by atoms with Crippen molar-refractivity contribution >= 4 is 28.3 Å². The van der Waals surface area contributed by atoms with E-state index in [1.165, 1.54) is 53.9 Å². The molecule has 0 saturated carbocycles. The van der Waals surface area contributed by atoms with Gasteiger partial charge in [0.05, 0.1) is 27.8 Å². The van der Waals surface area contributed by atoms with Gasteiger partial charge >= 0.3 is 5.69 Å². The number of nitrogens with zero attached hydrogens (tertiary/aromatic N) is 4. The Morgan fingerprint density at radius 3 is 2.39 bits per heavy atom. The quantitative estimate of drug-likeness (QED) is 0.487. The van der Waals surface area contributed by atoms with Gasteiger partial charge in [-0.25, -0.2) is 9.36 Å². The number of nitrogens with one attached hydrogen (secondary N) is 1. The predicted octanol–water partition coefficient (Wildman–Crippen LogP) is 1.61. The monoisotopic (exact) mass is 439 g/mol. The third-order valence-corrected chi connectivity index (χ3v) is 5.56. The molecule has 0 radical (unpaired) electrons. The molecule has 158 valence electrons. The number of hydrogen-bond acceptors (Lipinski definition) is 5. The van der Waals surface area contributed by atoms with Crippen LogP contribution >= 0.6 is 11.6 Å². The Bertz CT molecular complexity index is 1570. The van der Waals surface area contributed by atoms with E-state index in [1.54, 1.807) is 13.8 Å². The van der Waals surface area contributed by atoms with Gasteiger partial charge in [-0.15, -0.1) is 0 Å². The molecule has 0 aliphatic rings. The normalized spacial score (nSPS) is 11.3. The maximum absolute atomic E-state index is 13.4. The molecule has 0 aliphatic carbocycles. The summed E-state index contributed by atoms with van der Waals surface area (Å²) >= 11 is 5.99. The summed E-state index contributed by atoms with van der Waals surface area (Å²) < 4.78 is 3.50. The van der Waals surface area contributed by atoms with Crippen LogP contribution in [0.15, 0.2) is 45.0 Å². The number of hydrogen-bond donors (Lipinski definition) is 1. The fourth-order valence-corrected chi connectivity index (χ4v) is 3.95. The average Bonchev–Trinajstić information content (AvgIpc) is 2.97. The molecule has 9 nitrogen and oxygen atoms in total. The van der Waals surface area contributed by atoms with Crippen molar-refractivity contribution in [1.82, 2.24) is 23.9 Å². The SMILES string of the molecule is Cc1[nH]n(C)c(=O)c1C(=O)c1ccc2c(c1C)c(=O)n(-c1cncc(Cl)c1)c(=O)n2C. The number of aromatic amines is 1. The lowest BCUT2D eigenvalue weighted by molar-refractivity contribution is 0.103. The first-order chi connectivity index (χ1) is 14.6. The molecular formula is C21H18ClN5O4. The maximum Gasteiger partial charge on any atom is 0.335 e. The van der Waals surface area contributed by atoms with Crippen LogP contribution < -0.4 is 16.8 Å². The lowest BCUT2D eigenvalue weighted by atomic mass is 9.96. The Balaban J connectivity index is 2.06. The van der Waals surface area contributed by atoms with Crippen molar-refractivity contribution in [2.45, 2.75) is 13.8 Å². The zero-order valence-corrected chi connectivity index (χ0v) is 17.9. The standard InChI is InChI=1S/C21H18ClN5O4/c1-10-14(18(28)17-11(2)24-26(4)19(17)29)5-6-15-16(10)20(30)27(21(31)25(15)3)13-7-12(22)8-23-9-13/h5-9,24H,1-4H3. The second-order valence-corrected chi connectivity index (χ2v) is 7.72. The van der Waals surface area contributed by atoms with Crippen LogP contribution in [0.5, 0.6) is 0 Å². The number of fused-ring (bicyclic) bond motifs is 1. The molecule has 3 aromatic heterocycles. The zero-order chi connectivity index (χ0) is 22.6. The molecule has 4 rings (SSSR count). The summed E-state index contributed by atoms with van der Waals surface area (Å²) in [5.74, 6) is -0.497. The van der Waals surface area contributed by atoms with Gasteiger partial charge in [-0.3, -0.25) is 33.7 Å². The van der Waals surface area contributed by atoms with Crippen LogP contribution in [0.25, 0.3) is 16.6 Å². The van der Waals surface area contributed by atoms with E-state index in [-0.39, 0.29) is 27.2 Å². The molecule has 1 aromatic carbocycles. The summed E-state index contributed by atoms with van der Waals surface area (Å²) in [5.41, 5.74) is -0.0314. The summed E-state index contributed by atoms with van der Waals surface area (Å²) in [6, 6.07) is 4.52. The Kier molecular flexibility index (Phi) is 4.78. The summed E-state index contributed by atoms with van der Waals surface area (Å²) in [4.78, 5) is 55.8. The summed E-state index contributed by atoms with van der Waals surface area (Å²) in [6.07, 6.45) is 2.75. The summed E-state index contributed by atoms with van der Waals surface area (Å²) in [5, 5.41) is 3.26. The number of halogens is 1. The van der Waals surface area contributed by atoms with E-state index in [9.17, 15) is 19.2 Å².